The first kappa shape index (κ1) is 8.48. The van der Waals surface area contributed by atoms with Gasteiger partial charge in [-0.15, -0.1) is 0 Å². The molecule has 0 bridgehead atoms. The van der Waals surface area contributed by atoms with E-state index in [1.807, 2.05) is 36.5 Å². The molecule has 1 aliphatic heterocycles. The number of hydrogen-bond acceptors (Lipinski definition) is 2. The lowest BCUT2D eigenvalue weighted by Crippen LogP contribution is -2.22. The zero-order valence-corrected chi connectivity index (χ0v) is 8.14. The summed E-state index contributed by atoms with van der Waals surface area (Å²) in [5.41, 5.74) is 2.72. The molecule has 0 aromatic heterocycles. The van der Waals surface area contributed by atoms with E-state index in [9.17, 15) is 4.79 Å². The fraction of sp³-hybridized carbons (Fsp3) is 0.154. The van der Waals surface area contributed by atoms with Crippen LogP contribution in [0.15, 0.2) is 59.4 Å². The molecule has 0 radical (unpaired) electrons. The Bertz CT molecular complexity index is 473. The highest BCUT2D eigenvalue weighted by atomic mass is 16.5. The maximum Gasteiger partial charge on any atom is 0.167 e. The van der Waals surface area contributed by atoms with Crippen molar-refractivity contribution in [2.75, 3.05) is 0 Å². The summed E-state index contributed by atoms with van der Waals surface area (Å²) in [6, 6.07) is 0. The first-order valence-electron chi connectivity index (χ1n) is 5.01. The zero-order chi connectivity index (χ0) is 10.3. The molecule has 0 aromatic carbocycles. The van der Waals surface area contributed by atoms with Gasteiger partial charge in [-0.1, -0.05) is 30.4 Å². The number of rotatable bonds is 0. The molecule has 0 N–H and O–H groups in total. The fourth-order valence-electron chi connectivity index (χ4n) is 2.08. The van der Waals surface area contributed by atoms with Gasteiger partial charge in [-0.2, -0.15) is 0 Å². The fourth-order valence-corrected chi connectivity index (χ4v) is 2.08. The molecule has 0 saturated carbocycles. The van der Waals surface area contributed by atoms with Crippen LogP contribution >= 0.6 is 0 Å². The summed E-state index contributed by atoms with van der Waals surface area (Å²) in [6.45, 7) is 0. The lowest BCUT2D eigenvalue weighted by atomic mass is 9.86. The summed E-state index contributed by atoms with van der Waals surface area (Å²) in [5, 5.41) is 0. The summed E-state index contributed by atoms with van der Waals surface area (Å²) in [5.74, 6) is 0.187. The third-order valence-corrected chi connectivity index (χ3v) is 2.78. The van der Waals surface area contributed by atoms with Crippen LogP contribution in [0.1, 0.15) is 6.42 Å². The molecule has 2 nitrogen and oxygen atoms in total. The van der Waals surface area contributed by atoms with Crippen LogP contribution in [-0.4, -0.2) is 11.9 Å². The van der Waals surface area contributed by atoms with Crippen molar-refractivity contribution in [1.82, 2.24) is 0 Å². The lowest BCUT2D eigenvalue weighted by Gasteiger charge is -2.27. The van der Waals surface area contributed by atoms with Crippen LogP contribution in [0.25, 0.3) is 0 Å². The SMILES string of the molecule is O=C1CC=CC2=COC3C=CC=CC3=C12. The first-order chi connectivity index (χ1) is 7.36. The van der Waals surface area contributed by atoms with Crippen LogP contribution in [0, 0.1) is 0 Å². The molecule has 0 amide bonds. The highest BCUT2D eigenvalue weighted by molar-refractivity contribution is 6.04. The smallest absolute Gasteiger partial charge is 0.167 e. The molecule has 2 aliphatic carbocycles. The van der Waals surface area contributed by atoms with Crippen LogP contribution < -0.4 is 0 Å². The van der Waals surface area contributed by atoms with E-state index < -0.39 is 0 Å². The van der Waals surface area contributed by atoms with E-state index in [1.54, 1.807) is 6.26 Å². The number of fused-ring (bicyclic) bond motifs is 2. The Labute approximate surface area is 87.9 Å². The standard InChI is InChI=1S/C13H10O2/c14-11-6-3-4-9-8-15-12-7-2-1-5-10(12)13(9)11/h1-5,7-8,12H,6H2. The van der Waals surface area contributed by atoms with Gasteiger partial charge in [0.1, 0.15) is 6.10 Å². The Kier molecular flexibility index (Phi) is 1.75. The Morgan fingerprint density at radius 3 is 3.13 bits per heavy atom. The van der Waals surface area contributed by atoms with Crippen LogP contribution in [0.2, 0.25) is 0 Å². The second-order valence-corrected chi connectivity index (χ2v) is 3.73. The molecule has 0 spiro atoms. The van der Waals surface area contributed by atoms with E-state index in [2.05, 4.69) is 0 Å². The van der Waals surface area contributed by atoms with Crippen LogP contribution in [0.3, 0.4) is 0 Å². The molecule has 74 valence electrons. The van der Waals surface area contributed by atoms with Crippen LogP contribution in [-0.2, 0) is 9.53 Å². The maximum atomic E-state index is 11.8. The summed E-state index contributed by atoms with van der Waals surface area (Å²) >= 11 is 0. The first-order valence-corrected chi connectivity index (χ1v) is 5.01. The quantitative estimate of drug-likeness (QED) is 0.596. The van der Waals surface area contributed by atoms with Crippen molar-refractivity contribution in [2.24, 2.45) is 0 Å². The monoisotopic (exact) mass is 198 g/mol. The van der Waals surface area contributed by atoms with E-state index in [4.69, 9.17) is 4.74 Å². The molecule has 3 rings (SSSR count). The predicted molar refractivity (Wildman–Crippen MR) is 57.0 cm³/mol. The lowest BCUT2D eigenvalue weighted by molar-refractivity contribution is -0.114. The van der Waals surface area contributed by atoms with Gasteiger partial charge < -0.3 is 4.74 Å². The number of Topliss-reactive ketones (excluding diaryl/α,β-unsaturated/α-hetero) is 1. The van der Waals surface area contributed by atoms with Gasteiger partial charge in [-0.3, -0.25) is 4.79 Å². The average molecular weight is 198 g/mol. The highest BCUT2D eigenvalue weighted by Gasteiger charge is 2.28. The molecule has 0 aromatic rings. The number of hydrogen-bond donors (Lipinski definition) is 0. The van der Waals surface area contributed by atoms with Gasteiger partial charge in [0, 0.05) is 23.1 Å². The largest absolute Gasteiger partial charge is 0.489 e. The van der Waals surface area contributed by atoms with E-state index in [0.717, 1.165) is 16.7 Å². The Balaban J connectivity index is 2.19. The van der Waals surface area contributed by atoms with E-state index in [1.165, 1.54) is 0 Å². The summed E-state index contributed by atoms with van der Waals surface area (Å²) in [4.78, 5) is 11.8. The molecule has 1 unspecified atom stereocenters. The number of carbonyl (C=O) groups is 1. The maximum absolute atomic E-state index is 11.8. The van der Waals surface area contributed by atoms with Gasteiger partial charge in [0.15, 0.2) is 5.78 Å². The van der Waals surface area contributed by atoms with Crippen LogP contribution in [0.4, 0.5) is 0 Å². The van der Waals surface area contributed by atoms with E-state index in [-0.39, 0.29) is 11.9 Å². The van der Waals surface area contributed by atoms with Crippen molar-refractivity contribution in [3.05, 3.63) is 59.4 Å². The minimum atomic E-state index is -0.0794. The molecule has 2 heteroatoms. The van der Waals surface area contributed by atoms with Gasteiger partial charge >= 0.3 is 0 Å². The molecular formula is C13H10O2. The normalized spacial score (nSPS) is 27.1. The van der Waals surface area contributed by atoms with Crippen molar-refractivity contribution in [2.45, 2.75) is 12.5 Å². The highest BCUT2D eigenvalue weighted by Crippen LogP contribution is 2.32. The third-order valence-electron chi connectivity index (χ3n) is 2.78. The Morgan fingerprint density at radius 1 is 1.27 bits per heavy atom. The van der Waals surface area contributed by atoms with E-state index >= 15 is 0 Å². The predicted octanol–water partition coefficient (Wildman–Crippen LogP) is 2.22. The number of allylic oxidation sites excluding steroid dienone is 6. The molecule has 1 heterocycles. The van der Waals surface area contributed by atoms with Gasteiger partial charge in [-0.25, -0.2) is 0 Å². The van der Waals surface area contributed by atoms with Crippen molar-refractivity contribution in [1.29, 1.82) is 0 Å². The van der Waals surface area contributed by atoms with Gasteiger partial charge in [0.05, 0.1) is 6.26 Å². The van der Waals surface area contributed by atoms with Crippen molar-refractivity contribution >= 4 is 5.78 Å². The Morgan fingerprint density at radius 2 is 2.20 bits per heavy atom. The summed E-state index contributed by atoms with van der Waals surface area (Å²) in [7, 11) is 0. The molecule has 3 aliphatic rings. The van der Waals surface area contributed by atoms with Crippen LogP contribution in [0.5, 0.6) is 0 Å². The van der Waals surface area contributed by atoms with Gasteiger partial charge in [0.2, 0.25) is 0 Å². The second kappa shape index (κ2) is 3.09. The molecule has 15 heavy (non-hydrogen) atoms. The minimum absolute atomic E-state index is 0.0794. The average Bonchev–Trinajstić information content (AvgIpc) is 2.29. The second-order valence-electron chi connectivity index (χ2n) is 3.73. The summed E-state index contributed by atoms with van der Waals surface area (Å²) in [6.07, 6.45) is 13.7. The van der Waals surface area contributed by atoms with Gasteiger partial charge in [-0.05, 0) is 6.08 Å². The number of carbonyl (C=O) groups excluding carboxylic acids is 1. The van der Waals surface area contributed by atoms with Gasteiger partial charge in [0.25, 0.3) is 0 Å². The van der Waals surface area contributed by atoms with Crippen molar-refractivity contribution in [3.63, 3.8) is 0 Å². The van der Waals surface area contributed by atoms with E-state index in [0.29, 0.717) is 6.42 Å². The molecule has 0 saturated heterocycles. The topological polar surface area (TPSA) is 26.3 Å². The third kappa shape index (κ3) is 1.22. The zero-order valence-electron chi connectivity index (χ0n) is 8.14. The molecule has 1 atom stereocenters. The number of ketones is 1. The minimum Gasteiger partial charge on any atom is -0.489 e. The number of ether oxygens (including phenoxy) is 1. The van der Waals surface area contributed by atoms with Crippen molar-refractivity contribution in [3.8, 4) is 0 Å². The molecule has 0 fully saturated rings. The Hall–Kier alpha value is -1.83. The van der Waals surface area contributed by atoms with Crippen molar-refractivity contribution < 1.29 is 9.53 Å². The summed E-state index contributed by atoms with van der Waals surface area (Å²) < 4.78 is 5.54. The molecular weight excluding hydrogens is 188 g/mol.